The molecule has 0 atom stereocenters. The summed E-state index contributed by atoms with van der Waals surface area (Å²) >= 11 is 1.37. The number of para-hydroxylation sites is 1. The van der Waals surface area contributed by atoms with Crippen LogP contribution in [-0.2, 0) is 11.3 Å². The first-order chi connectivity index (χ1) is 18.6. The van der Waals surface area contributed by atoms with Gasteiger partial charge in [-0.15, -0.1) is 0 Å². The molecule has 1 aromatic heterocycles. The predicted octanol–water partition coefficient (Wildman–Crippen LogP) is 6.72. The third-order valence-corrected chi connectivity index (χ3v) is 7.43. The summed E-state index contributed by atoms with van der Waals surface area (Å²) in [7, 11) is 0. The zero-order chi connectivity index (χ0) is 26.1. The molecule has 4 aromatic rings. The van der Waals surface area contributed by atoms with E-state index in [1.807, 2.05) is 72.1 Å². The molecule has 1 N–H and O–H groups in total. The average molecular weight is 519 g/mol. The van der Waals surface area contributed by atoms with Crippen LogP contribution in [0.15, 0.2) is 101 Å². The molecule has 0 radical (unpaired) electrons. The zero-order valence-electron chi connectivity index (χ0n) is 20.9. The molecule has 6 nitrogen and oxygen atoms in total. The van der Waals surface area contributed by atoms with Crippen molar-refractivity contribution >= 4 is 51.3 Å². The highest BCUT2D eigenvalue weighted by molar-refractivity contribution is 8.17. The molecular formula is C31H26N4O2S. The Morgan fingerprint density at radius 1 is 1.03 bits per heavy atom. The predicted molar refractivity (Wildman–Crippen MR) is 155 cm³/mol. The second-order valence-electron chi connectivity index (χ2n) is 9.24. The first-order valence-corrected chi connectivity index (χ1v) is 13.4. The van der Waals surface area contributed by atoms with Crippen LogP contribution in [0.4, 0.5) is 0 Å². The Morgan fingerprint density at radius 3 is 2.68 bits per heavy atom. The van der Waals surface area contributed by atoms with Gasteiger partial charge in [-0.3, -0.25) is 15.1 Å². The third-order valence-electron chi connectivity index (χ3n) is 6.60. The number of nitrogens with one attached hydrogen (secondary N) is 1. The number of fused-ring (bicyclic) bond motifs is 2. The first kappa shape index (κ1) is 24.0. The van der Waals surface area contributed by atoms with Crippen LogP contribution in [0, 0.1) is 12.3 Å². The van der Waals surface area contributed by atoms with E-state index in [2.05, 4.69) is 34.8 Å². The zero-order valence-corrected chi connectivity index (χ0v) is 21.7. The minimum absolute atomic E-state index is 0.142. The lowest BCUT2D eigenvalue weighted by Crippen LogP contribution is -2.37. The number of hydrogen-bond acceptors (Lipinski definition) is 4. The molecule has 1 amide bonds. The van der Waals surface area contributed by atoms with Crippen molar-refractivity contribution in [1.82, 2.24) is 9.47 Å². The quantitative estimate of drug-likeness (QED) is 0.218. The third kappa shape index (κ3) is 4.57. The van der Waals surface area contributed by atoms with Gasteiger partial charge in [-0.1, -0.05) is 72.4 Å². The van der Waals surface area contributed by atoms with Crippen LogP contribution in [0.3, 0.4) is 0 Å². The van der Waals surface area contributed by atoms with Crippen LogP contribution in [0.25, 0.3) is 22.7 Å². The molecule has 2 aliphatic heterocycles. The van der Waals surface area contributed by atoms with E-state index in [0.717, 1.165) is 46.4 Å². The molecule has 188 valence electrons. The van der Waals surface area contributed by atoms with E-state index in [1.54, 1.807) is 11.0 Å². The molecule has 0 fully saturated rings. The number of amidine groups is 2. The topological polar surface area (TPSA) is 70.7 Å². The highest BCUT2D eigenvalue weighted by atomic mass is 32.2. The van der Waals surface area contributed by atoms with Crippen molar-refractivity contribution in [3.8, 4) is 5.75 Å². The van der Waals surface area contributed by atoms with E-state index in [-0.39, 0.29) is 17.3 Å². The molecule has 38 heavy (non-hydrogen) atoms. The van der Waals surface area contributed by atoms with Gasteiger partial charge < -0.3 is 9.30 Å². The highest BCUT2D eigenvalue weighted by Crippen LogP contribution is 2.37. The fourth-order valence-electron chi connectivity index (χ4n) is 4.78. The summed E-state index contributed by atoms with van der Waals surface area (Å²) in [5.41, 5.74) is 5.26. The number of rotatable bonds is 7. The van der Waals surface area contributed by atoms with E-state index in [0.29, 0.717) is 11.8 Å². The molecule has 2 aliphatic rings. The number of aliphatic imine (C=N–C) groups is 1. The smallest absolute Gasteiger partial charge is 0.283 e. The molecule has 0 saturated heterocycles. The summed E-state index contributed by atoms with van der Waals surface area (Å²) < 4.78 is 8.13. The maximum Gasteiger partial charge on any atom is 0.283 e. The van der Waals surface area contributed by atoms with Crippen molar-refractivity contribution in [2.75, 3.05) is 6.61 Å². The minimum Gasteiger partial charge on any atom is -0.494 e. The monoisotopic (exact) mass is 518 g/mol. The van der Waals surface area contributed by atoms with Crippen molar-refractivity contribution in [1.29, 1.82) is 5.41 Å². The van der Waals surface area contributed by atoms with Crippen LogP contribution in [0.5, 0.6) is 5.75 Å². The first-order valence-electron chi connectivity index (χ1n) is 12.5. The second-order valence-corrected chi connectivity index (χ2v) is 10.1. The van der Waals surface area contributed by atoms with Crippen LogP contribution >= 0.6 is 11.8 Å². The number of aromatic nitrogens is 1. The van der Waals surface area contributed by atoms with Crippen molar-refractivity contribution in [2.45, 2.75) is 19.9 Å². The lowest BCUT2D eigenvalue weighted by Gasteiger charge is -2.26. The number of thioether (sulfide) groups is 1. The van der Waals surface area contributed by atoms with E-state index >= 15 is 0 Å². The molecule has 0 aliphatic carbocycles. The average Bonchev–Trinajstić information content (AvgIpc) is 3.51. The molecule has 3 heterocycles. The lowest BCUT2D eigenvalue weighted by molar-refractivity contribution is -0.114. The summed E-state index contributed by atoms with van der Waals surface area (Å²) in [5, 5.41) is 12.5. The van der Waals surface area contributed by atoms with Crippen molar-refractivity contribution in [3.05, 3.63) is 113 Å². The standard InChI is InChI=1S/C31H26N4O2S/c1-21-9-7-12-24(17-21)37-16-8-15-34-19-23(25-13-5-6-14-27(25)34)18-26-29(32)35-28(22-10-3-2-4-11-22)20-38-31(35)33-30(26)36/h2-7,9-14,17-20,32H,8,15-16H2,1H3/b26-18+,32-29?. The Kier molecular flexibility index (Phi) is 6.43. The van der Waals surface area contributed by atoms with Gasteiger partial charge in [0.1, 0.15) is 11.6 Å². The van der Waals surface area contributed by atoms with Crippen molar-refractivity contribution in [2.24, 2.45) is 4.99 Å². The molecule has 0 saturated carbocycles. The van der Waals surface area contributed by atoms with Crippen molar-refractivity contribution < 1.29 is 9.53 Å². The maximum absolute atomic E-state index is 13.0. The number of ether oxygens (including phenoxy) is 1. The van der Waals surface area contributed by atoms with E-state index in [1.165, 1.54) is 17.3 Å². The molecule has 6 rings (SSSR count). The number of aryl methyl sites for hydroxylation is 2. The number of nitrogens with zero attached hydrogens (tertiary/aromatic N) is 3. The number of carbonyl (C=O) groups excluding carboxylic acids is 1. The normalized spacial score (nSPS) is 16.1. The van der Waals surface area contributed by atoms with Gasteiger partial charge in [0.25, 0.3) is 5.91 Å². The van der Waals surface area contributed by atoms with Gasteiger partial charge in [-0.05, 0) is 48.7 Å². The Bertz CT molecular complexity index is 1650. The maximum atomic E-state index is 13.0. The van der Waals surface area contributed by atoms with Crippen LogP contribution in [0.1, 0.15) is 23.1 Å². The van der Waals surface area contributed by atoms with E-state index in [9.17, 15) is 4.79 Å². The number of hydrogen-bond donors (Lipinski definition) is 1. The summed E-state index contributed by atoms with van der Waals surface area (Å²) in [6, 6.07) is 26.1. The second kappa shape index (κ2) is 10.2. The van der Waals surface area contributed by atoms with Crippen LogP contribution < -0.4 is 4.74 Å². The number of carbonyl (C=O) groups is 1. The van der Waals surface area contributed by atoms with Gasteiger partial charge >= 0.3 is 0 Å². The highest BCUT2D eigenvalue weighted by Gasteiger charge is 2.36. The largest absolute Gasteiger partial charge is 0.494 e. The summed E-state index contributed by atoms with van der Waals surface area (Å²) in [6.45, 7) is 3.43. The Morgan fingerprint density at radius 2 is 1.84 bits per heavy atom. The Balaban J connectivity index is 1.26. The van der Waals surface area contributed by atoms with Gasteiger partial charge in [0.05, 0.1) is 17.9 Å². The fourth-order valence-corrected chi connectivity index (χ4v) is 5.66. The fraction of sp³-hybridized carbons (Fsp3) is 0.129. The molecule has 0 spiro atoms. The van der Waals surface area contributed by atoms with Gasteiger partial charge in [0.2, 0.25) is 0 Å². The van der Waals surface area contributed by atoms with Gasteiger partial charge in [0, 0.05) is 34.6 Å². The summed E-state index contributed by atoms with van der Waals surface area (Å²) in [5.74, 6) is 0.634. The Hall–Kier alpha value is -4.36. The van der Waals surface area contributed by atoms with Crippen molar-refractivity contribution in [3.63, 3.8) is 0 Å². The van der Waals surface area contributed by atoms with Gasteiger partial charge in [-0.25, -0.2) is 0 Å². The van der Waals surface area contributed by atoms with Crippen LogP contribution in [0.2, 0.25) is 0 Å². The SMILES string of the molecule is Cc1cccc(OCCCn2cc(/C=C3\C(=N)N4C(c5ccccc5)=CSC4=NC3=O)c3ccccc32)c1. The molecule has 3 aromatic carbocycles. The number of amides is 1. The van der Waals surface area contributed by atoms with E-state index < -0.39 is 0 Å². The number of benzene rings is 3. The summed E-state index contributed by atoms with van der Waals surface area (Å²) in [4.78, 5) is 19.1. The summed E-state index contributed by atoms with van der Waals surface area (Å²) in [6.07, 6.45) is 4.69. The lowest BCUT2D eigenvalue weighted by atomic mass is 10.1. The van der Waals surface area contributed by atoms with Gasteiger partial charge in [-0.2, -0.15) is 4.99 Å². The molecule has 0 bridgehead atoms. The Labute approximate surface area is 225 Å². The minimum atomic E-state index is -0.389. The van der Waals surface area contributed by atoms with Crippen LogP contribution in [-0.4, -0.2) is 33.0 Å². The van der Waals surface area contributed by atoms with E-state index in [4.69, 9.17) is 10.1 Å². The molecular weight excluding hydrogens is 492 g/mol. The van der Waals surface area contributed by atoms with Gasteiger partial charge in [0.15, 0.2) is 5.17 Å². The molecule has 7 heteroatoms. The molecule has 0 unspecified atom stereocenters.